The fraction of sp³-hybridized carbons (Fsp3) is 0.259. The number of carbonyl (C=O) groups excluding carboxylic acids is 2. The van der Waals surface area contributed by atoms with Crippen molar-refractivity contribution in [2.75, 3.05) is 25.5 Å². The van der Waals surface area contributed by atoms with Gasteiger partial charge in [-0.3, -0.25) is 24.4 Å². The molecule has 9 heteroatoms. The summed E-state index contributed by atoms with van der Waals surface area (Å²) in [5, 5.41) is 0. The van der Waals surface area contributed by atoms with E-state index in [0.717, 1.165) is 11.1 Å². The van der Waals surface area contributed by atoms with Crippen LogP contribution in [0.25, 0.3) is 0 Å². The first-order chi connectivity index (χ1) is 17.3. The largest absolute Gasteiger partial charge is 0.313 e. The number of fused-ring (bicyclic) bond motifs is 3. The second kappa shape index (κ2) is 8.19. The summed E-state index contributed by atoms with van der Waals surface area (Å²) in [4.78, 5) is 38.2. The number of thiocarbonyl (C=S) groups is 1. The molecule has 6 rings (SSSR count). The Morgan fingerprint density at radius 3 is 2.50 bits per heavy atom. The van der Waals surface area contributed by atoms with Gasteiger partial charge in [-0.25, -0.2) is 4.39 Å². The van der Waals surface area contributed by atoms with Crippen molar-refractivity contribution in [1.29, 1.82) is 0 Å². The van der Waals surface area contributed by atoms with Crippen molar-refractivity contribution in [2.45, 2.75) is 22.7 Å². The summed E-state index contributed by atoms with van der Waals surface area (Å²) >= 11 is 7.08. The lowest BCUT2D eigenvalue weighted by Crippen LogP contribution is -2.62. The Labute approximate surface area is 218 Å². The number of benzene rings is 2. The zero-order valence-corrected chi connectivity index (χ0v) is 21.4. The molecular weight excluding hydrogens is 495 g/mol. The molecule has 3 aromatic rings. The van der Waals surface area contributed by atoms with Crippen LogP contribution in [0, 0.1) is 5.82 Å². The van der Waals surface area contributed by atoms with Gasteiger partial charge in [-0.15, -0.1) is 0 Å². The van der Waals surface area contributed by atoms with Gasteiger partial charge in [0.25, 0.3) is 5.91 Å². The fourth-order valence-electron chi connectivity index (χ4n) is 6.17. The smallest absolute Gasteiger partial charge is 0.254 e. The zero-order chi connectivity index (χ0) is 25.2. The minimum atomic E-state index is -1.43. The number of hydrogen-bond acceptors (Lipinski definition) is 6. The van der Waals surface area contributed by atoms with Gasteiger partial charge in [0.2, 0.25) is 5.91 Å². The predicted molar refractivity (Wildman–Crippen MR) is 141 cm³/mol. The van der Waals surface area contributed by atoms with Gasteiger partial charge in [-0.05, 0) is 48.5 Å². The Kier molecular flexibility index (Phi) is 5.30. The van der Waals surface area contributed by atoms with Crippen LogP contribution in [-0.4, -0.2) is 56.3 Å². The van der Waals surface area contributed by atoms with Crippen molar-refractivity contribution in [1.82, 2.24) is 14.8 Å². The summed E-state index contributed by atoms with van der Waals surface area (Å²) in [6.45, 7) is 0.718. The Balaban J connectivity index is 1.60. The van der Waals surface area contributed by atoms with E-state index in [1.165, 1.54) is 23.9 Å². The SMILES string of the molecule is CN1C(=O)[C@]2(c3cc(F)ccc31)N(C)C[C@H](c1ccncc1)[C@]21SC(=S)N(Cc2ccccc2)C1=O. The number of amides is 2. The van der Waals surface area contributed by atoms with Crippen LogP contribution in [-0.2, 0) is 21.7 Å². The Hall–Kier alpha value is -3.14. The van der Waals surface area contributed by atoms with Crippen LogP contribution in [0.5, 0.6) is 0 Å². The molecule has 0 saturated carbocycles. The normalized spacial score (nSPS) is 27.6. The van der Waals surface area contributed by atoms with Crippen LogP contribution < -0.4 is 4.90 Å². The summed E-state index contributed by atoms with van der Waals surface area (Å²) in [6, 6.07) is 17.8. The molecule has 4 heterocycles. The second-order valence-corrected chi connectivity index (χ2v) is 11.3. The van der Waals surface area contributed by atoms with Gasteiger partial charge < -0.3 is 4.90 Å². The number of rotatable bonds is 3. The van der Waals surface area contributed by atoms with Crippen molar-refractivity contribution >= 4 is 45.8 Å². The number of pyridine rings is 1. The van der Waals surface area contributed by atoms with Crippen molar-refractivity contribution in [3.8, 4) is 0 Å². The fourth-order valence-corrected chi connectivity index (χ4v) is 8.29. The van der Waals surface area contributed by atoms with E-state index in [1.807, 2.05) is 54.4 Å². The maximum Gasteiger partial charge on any atom is 0.254 e. The molecule has 36 heavy (non-hydrogen) atoms. The van der Waals surface area contributed by atoms with Crippen LogP contribution >= 0.6 is 24.0 Å². The van der Waals surface area contributed by atoms with E-state index in [2.05, 4.69) is 4.98 Å². The molecule has 2 amide bonds. The second-order valence-electron chi connectivity index (χ2n) is 9.43. The molecule has 6 nitrogen and oxygen atoms in total. The summed E-state index contributed by atoms with van der Waals surface area (Å²) in [5.74, 6) is -1.32. The number of anilines is 1. The van der Waals surface area contributed by atoms with Gasteiger partial charge in [0.1, 0.15) is 14.9 Å². The zero-order valence-electron chi connectivity index (χ0n) is 19.7. The van der Waals surface area contributed by atoms with E-state index in [-0.39, 0.29) is 17.7 Å². The van der Waals surface area contributed by atoms with E-state index < -0.39 is 16.1 Å². The Bertz CT molecular complexity index is 1410. The predicted octanol–water partition coefficient (Wildman–Crippen LogP) is 3.92. The third-order valence-electron chi connectivity index (χ3n) is 7.70. The molecule has 0 unspecified atom stereocenters. The van der Waals surface area contributed by atoms with Crippen LogP contribution in [0.2, 0.25) is 0 Å². The van der Waals surface area contributed by atoms with Crippen molar-refractivity contribution in [3.63, 3.8) is 0 Å². The molecule has 3 aliphatic rings. The van der Waals surface area contributed by atoms with Gasteiger partial charge in [0.15, 0.2) is 5.54 Å². The molecule has 0 radical (unpaired) electrons. The average Bonchev–Trinajstić information content (AvgIpc) is 3.38. The standard InChI is InChI=1S/C27H23FN4O2S2/c1-30-16-21(18-10-12-29-13-11-18)27(24(34)32(25(35)36-27)15-17-6-4-3-5-7-17)26(30)20-14-19(28)8-9-22(20)31(2)23(26)33/h3-14,21H,15-16H2,1-2H3/t21-,26+,27-/m1/s1. The van der Waals surface area contributed by atoms with Gasteiger partial charge in [-0.2, -0.15) is 0 Å². The summed E-state index contributed by atoms with van der Waals surface area (Å²) < 4.78 is 13.8. The van der Waals surface area contributed by atoms with Gasteiger partial charge in [0, 0.05) is 43.2 Å². The van der Waals surface area contributed by atoms with E-state index in [0.29, 0.717) is 28.7 Å². The highest BCUT2D eigenvalue weighted by Gasteiger charge is 2.78. The third kappa shape index (κ3) is 2.87. The van der Waals surface area contributed by atoms with E-state index in [9.17, 15) is 14.0 Å². The highest BCUT2D eigenvalue weighted by atomic mass is 32.2. The molecule has 0 N–H and O–H groups in total. The number of likely N-dealkylation sites (tertiary alicyclic amines) is 1. The average molecular weight is 519 g/mol. The number of nitrogens with zero attached hydrogens (tertiary/aromatic N) is 4. The molecule has 0 bridgehead atoms. The number of likely N-dealkylation sites (N-methyl/N-ethyl adjacent to an activating group) is 2. The van der Waals surface area contributed by atoms with Gasteiger partial charge >= 0.3 is 0 Å². The van der Waals surface area contributed by atoms with Crippen LogP contribution in [0.1, 0.15) is 22.6 Å². The highest BCUT2D eigenvalue weighted by Crippen LogP contribution is 2.66. The van der Waals surface area contributed by atoms with E-state index >= 15 is 0 Å². The maximum absolute atomic E-state index is 14.7. The molecule has 2 saturated heterocycles. The molecule has 182 valence electrons. The van der Waals surface area contributed by atoms with Crippen molar-refractivity contribution in [3.05, 3.63) is 95.6 Å². The maximum atomic E-state index is 14.7. The van der Waals surface area contributed by atoms with Crippen LogP contribution in [0.3, 0.4) is 0 Å². The molecule has 3 aliphatic heterocycles. The monoisotopic (exact) mass is 518 g/mol. The molecule has 3 atom stereocenters. The van der Waals surface area contributed by atoms with E-state index in [1.54, 1.807) is 35.3 Å². The van der Waals surface area contributed by atoms with Crippen molar-refractivity contribution < 1.29 is 14.0 Å². The molecule has 2 fully saturated rings. The lowest BCUT2D eigenvalue weighted by Gasteiger charge is -2.42. The first kappa shape index (κ1) is 23.3. The van der Waals surface area contributed by atoms with Crippen molar-refractivity contribution in [2.24, 2.45) is 0 Å². The molecular formula is C27H23FN4O2S2. The topological polar surface area (TPSA) is 56.8 Å². The number of aromatic nitrogens is 1. The minimum Gasteiger partial charge on any atom is -0.313 e. The van der Waals surface area contributed by atoms with Gasteiger partial charge in [0.05, 0.1) is 6.54 Å². The molecule has 1 aromatic heterocycles. The third-order valence-corrected chi connectivity index (χ3v) is 9.65. The molecule has 2 spiro atoms. The minimum absolute atomic E-state index is 0.230. The first-order valence-corrected chi connectivity index (χ1v) is 12.8. The first-order valence-electron chi connectivity index (χ1n) is 11.6. The Morgan fingerprint density at radius 1 is 1.06 bits per heavy atom. The lowest BCUT2D eigenvalue weighted by molar-refractivity contribution is -0.139. The van der Waals surface area contributed by atoms with Gasteiger partial charge in [-0.1, -0.05) is 54.3 Å². The van der Waals surface area contributed by atoms with Crippen LogP contribution in [0.4, 0.5) is 10.1 Å². The molecule has 0 aliphatic carbocycles. The molecule has 2 aromatic carbocycles. The highest BCUT2D eigenvalue weighted by molar-refractivity contribution is 8.25. The summed E-state index contributed by atoms with van der Waals surface area (Å²) in [5.41, 5.74) is 1.50. The summed E-state index contributed by atoms with van der Waals surface area (Å²) in [7, 11) is 3.52. The number of hydrogen-bond donors (Lipinski definition) is 0. The van der Waals surface area contributed by atoms with E-state index in [4.69, 9.17) is 12.2 Å². The van der Waals surface area contributed by atoms with Crippen LogP contribution in [0.15, 0.2) is 73.1 Å². The quantitative estimate of drug-likeness (QED) is 0.490. The number of carbonyl (C=O) groups is 2. The Morgan fingerprint density at radius 2 is 1.78 bits per heavy atom. The number of thioether (sulfide) groups is 1. The summed E-state index contributed by atoms with van der Waals surface area (Å²) in [6.07, 6.45) is 3.38. The number of halogens is 1. The lowest BCUT2D eigenvalue weighted by atomic mass is 9.72.